The minimum atomic E-state index is -3.59. The van der Waals surface area contributed by atoms with Gasteiger partial charge in [0, 0.05) is 45.6 Å². The van der Waals surface area contributed by atoms with Crippen molar-refractivity contribution < 1.29 is 17.6 Å². The summed E-state index contributed by atoms with van der Waals surface area (Å²) in [5.41, 5.74) is 1.10. The van der Waals surface area contributed by atoms with Crippen LogP contribution >= 0.6 is 0 Å². The van der Waals surface area contributed by atoms with Crippen molar-refractivity contribution in [3.05, 3.63) is 24.1 Å². The van der Waals surface area contributed by atoms with Gasteiger partial charge in [0.05, 0.1) is 4.90 Å². The number of sulfonamides is 1. The van der Waals surface area contributed by atoms with Gasteiger partial charge in [-0.1, -0.05) is 6.92 Å². The maximum Gasteiger partial charge on any atom is 0.243 e. The standard InChI is InChI=1S/C15H19N3O4S/c1-3-15(19)17-6-8-18(9-7-17)23(20,21)12-4-5-13-14(10-12)22-11(2)16-13/h4-5,10H,3,6-9H2,1-2H3. The van der Waals surface area contributed by atoms with Gasteiger partial charge >= 0.3 is 0 Å². The molecule has 0 bridgehead atoms. The van der Waals surface area contributed by atoms with Gasteiger partial charge in [0.25, 0.3) is 0 Å². The third-order valence-corrected chi connectivity index (χ3v) is 5.89. The number of benzene rings is 1. The van der Waals surface area contributed by atoms with Gasteiger partial charge in [-0.25, -0.2) is 13.4 Å². The first kappa shape index (κ1) is 15.9. The molecule has 124 valence electrons. The minimum Gasteiger partial charge on any atom is -0.441 e. The summed E-state index contributed by atoms with van der Waals surface area (Å²) in [6, 6.07) is 4.70. The van der Waals surface area contributed by atoms with Gasteiger partial charge in [0.1, 0.15) is 5.52 Å². The average Bonchev–Trinajstić information content (AvgIpc) is 2.93. The van der Waals surface area contributed by atoms with E-state index >= 15 is 0 Å². The van der Waals surface area contributed by atoms with Crippen molar-refractivity contribution in [2.24, 2.45) is 0 Å². The number of oxazole rings is 1. The lowest BCUT2D eigenvalue weighted by Gasteiger charge is -2.33. The second-order valence-corrected chi connectivity index (χ2v) is 7.44. The lowest BCUT2D eigenvalue weighted by molar-refractivity contribution is -0.132. The maximum atomic E-state index is 12.7. The van der Waals surface area contributed by atoms with Crippen LogP contribution in [-0.4, -0.2) is 54.7 Å². The van der Waals surface area contributed by atoms with Gasteiger partial charge in [0.15, 0.2) is 11.5 Å². The Hall–Kier alpha value is -1.93. The topological polar surface area (TPSA) is 83.7 Å². The highest BCUT2D eigenvalue weighted by Crippen LogP contribution is 2.23. The molecule has 1 aliphatic rings. The molecule has 23 heavy (non-hydrogen) atoms. The molecule has 0 atom stereocenters. The third kappa shape index (κ3) is 2.96. The first-order valence-corrected chi connectivity index (χ1v) is 9.01. The van der Waals surface area contributed by atoms with Crippen molar-refractivity contribution in [2.45, 2.75) is 25.2 Å². The number of nitrogens with zero attached hydrogens (tertiary/aromatic N) is 3. The Bertz CT molecular complexity index is 836. The van der Waals surface area contributed by atoms with Gasteiger partial charge in [-0.05, 0) is 12.1 Å². The molecule has 0 unspecified atom stereocenters. The molecule has 0 aliphatic carbocycles. The molecular weight excluding hydrogens is 318 g/mol. The van der Waals surface area contributed by atoms with E-state index in [1.165, 1.54) is 10.4 Å². The Morgan fingerprint density at radius 2 is 1.96 bits per heavy atom. The summed E-state index contributed by atoms with van der Waals surface area (Å²) in [5.74, 6) is 0.557. The number of carbonyl (C=O) groups excluding carboxylic acids is 1. The highest BCUT2D eigenvalue weighted by molar-refractivity contribution is 7.89. The molecule has 0 radical (unpaired) electrons. The molecule has 8 heteroatoms. The zero-order valence-electron chi connectivity index (χ0n) is 13.2. The SMILES string of the molecule is CCC(=O)N1CCN(S(=O)(=O)c2ccc3nc(C)oc3c2)CC1. The van der Waals surface area contributed by atoms with E-state index in [9.17, 15) is 13.2 Å². The van der Waals surface area contributed by atoms with E-state index in [1.54, 1.807) is 30.9 Å². The van der Waals surface area contributed by atoms with Gasteiger partial charge in [-0.3, -0.25) is 4.79 Å². The van der Waals surface area contributed by atoms with Crippen LogP contribution in [0.3, 0.4) is 0 Å². The van der Waals surface area contributed by atoms with E-state index < -0.39 is 10.0 Å². The highest BCUT2D eigenvalue weighted by Gasteiger charge is 2.30. The van der Waals surface area contributed by atoms with E-state index in [0.717, 1.165) is 0 Å². The predicted octanol–water partition coefficient (Wildman–Crippen LogP) is 1.38. The van der Waals surface area contributed by atoms with Crippen molar-refractivity contribution in [3.8, 4) is 0 Å². The minimum absolute atomic E-state index is 0.0561. The van der Waals surface area contributed by atoms with E-state index in [-0.39, 0.29) is 10.8 Å². The number of aryl methyl sites for hydroxylation is 1. The second kappa shape index (κ2) is 5.93. The number of hydrogen-bond acceptors (Lipinski definition) is 5. The van der Waals surface area contributed by atoms with E-state index in [4.69, 9.17) is 4.42 Å². The summed E-state index contributed by atoms with van der Waals surface area (Å²) < 4.78 is 32.3. The predicted molar refractivity (Wildman–Crippen MR) is 84.4 cm³/mol. The lowest BCUT2D eigenvalue weighted by Crippen LogP contribution is -2.50. The molecule has 7 nitrogen and oxygen atoms in total. The highest BCUT2D eigenvalue weighted by atomic mass is 32.2. The number of rotatable bonds is 3. The Morgan fingerprint density at radius 1 is 1.26 bits per heavy atom. The summed E-state index contributed by atoms with van der Waals surface area (Å²) >= 11 is 0. The number of amides is 1. The van der Waals surface area contributed by atoms with Gasteiger partial charge in [0.2, 0.25) is 15.9 Å². The van der Waals surface area contributed by atoms with Gasteiger partial charge < -0.3 is 9.32 Å². The number of fused-ring (bicyclic) bond motifs is 1. The molecule has 1 aliphatic heterocycles. The second-order valence-electron chi connectivity index (χ2n) is 5.50. The molecular formula is C15H19N3O4S. The molecule has 2 aromatic rings. The summed E-state index contributed by atoms with van der Waals surface area (Å²) in [5, 5.41) is 0. The van der Waals surface area contributed by atoms with Crippen LogP contribution in [0.1, 0.15) is 19.2 Å². The summed E-state index contributed by atoms with van der Waals surface area (Å²) in [6.07, 6.45) is 0.439. The van der Waals surface area contributed by atoms with Crippen LogP contribution in [-0.2, 0) is 14.8 Å². The maximum absolute atomic E-state index is 12.7. The summed E-state index contributed by atoms with van der Waals surface area (Å²) in [6.45, 7) is 4.99. The van der Waals surface area contributed by atoms with Crippen LogP contribution in [0, 0.1) is 6.92 Å². The summed E-state index contributed by atoms with van der Waals surface area (Å²) in [7, 11) is -3.59. The summed E-state index contributed by atoms with van der Waals surface area (Å²) in [4.78, 5) is 17.7. The smallest absolute Gasteiger partial charge is 0.243 e. The quantitative estimate of drug-likeness (QED) is 0.845. The third-order valence-electron chi connectivity index (χ3n) is 4.00. The van der Waals surface area contributed by atoms with Gasteiger partial charge in [-0.15, -0.1) is 0 Å². The number of carbonyl (C=O) groups is 1. The molecule has 0 spiro atoms. The fraction of sp³-hybridized carbons (Fsp3) is 0.467. The molecule has 2 heterocycles. The van der Waals surface area contributed by atoms with E-state index in [0.29, 0.717) is 49.6 Å². The Morgan fingerprint density at radius 3 is 2.61 bits per heavy atom. The van der Waals surface area contributed by atoms with Crippen molar-refractivity contribution in [3.63, 3.8) is 0 Å². The Balaban J connectivity index is 1.82. The Labute approximate surface area is 134 Å². The van der Waals surface area contributed by atoms with Crippen molar-refractivity contribution in [1.29, 1.82) is 0 Å². The average molecular weight is 337 g/mol. The van der Waals surface area contributed by atoms with Crippen LogP contribution in [0.2, 0.25) is 0 Å². The van der Waals surface area contributed by atoms with Crippen LogP contribution in [0.25, 0.3) is 11.1 Å². The van der Waals surface area contributed by atoms with Crippen molar-refractivity contribution in [2.75, 3.05) is 26.2 Å². The van der Waals surface area contributed by atoms with Gasteiger partial charge in [-0.2, -0.15) is 4.31 Å². The molecule has 1 aromatic carbocycles. The molecule has 1 aromatic heterocycles. The largest absolute Gasteiger partial charge is 0.441 e. The fourth-order valence-corrected chi connectivity index (χ4v) is 4.17. The first-order chi connectivity index (χ1) is 10.9. The van der Waals surface area contributed by atoms with E-state index in [2.05, 4.69) is 4.98 Å². The molecule has 1 saturated heterocycles. The lowest BCUT2D eigenvalue weighted by atomic mass is 10.3. The molecule has 1 amide bonds. The molecule has 3 rings (SSSR count). The number of aromatic nitrogens is 1. The fourth-order valence-electron chi connectivity index (χ4n) is 2.73. The van der Waals surface area contributed by atoms with Crippen LogP contribution < -0.4 is 0 Å². The zero-order valence-corrected chi connectivity index (χ0v) is 14.0. The molecule has 0 saturated carbocycles. The van der Waals surface area contributed by atoms with E-state index in [1.807, 2.05) is 0 Å². The Kier molecular flexibility index (Phi) is 4.11. The molecule has 1 fully saturated rings. The number of piperazine rings is 1. The van der Waals surface area contributed by atoms with Crippen LogP contribution in [0.5, 0.6) is 0 Å². The zero-order chi connectivity index (χ0) is 16.6. The van der Waals surface area contributed by atoms with Crippen LogP contribution in [0.15, 0.2) is 27.5 Å². The van der Waals surface area contributed by atoms with Crippen molar-refractivity contribution in [1.82, 2.24) is 14.2 Å². The molecule has 0 N–H and O–H groups in total. The monoisotopic (exact) mass is 337 g/mol. The first-order valence-electron chi connectivity index (χ1n) is 7.57. The van der Waals surface area contributed by atoms with Crippen LogP contribution in [0.4, 0.5) is 0 Å². The van der Waals surface area contributed by atoms with Crippen molar-refractivity contribution >= 4 is 27.0 Å². The number of hydrogen-bond donors (Lipinski definition) is 0. The normalized spacial score (nSPS) is 16.9.